The van der Waals surface area contributed by atoms with Crippen LogP contribution in [-0.4, -0.2) is 27.7 Å². The second-order valence-electron chi connectivity index (χ2n) is 7.35. The Bertz CT molecular complexity index is 954. The van der Waals surface area contributed by atoms with E-state index in [2.05, 4.69) is 20.5 Å². The summed E-state index contributed by atoms with van der Waals surface area (Å²) >= 11 is 0. The third-order valence-electron chi connectivity index (χ3n) is 5.21. The van der Waals surface area contributed by atoms with E-state index in [-0.39, 0.29) is 11.9 Å². The third kappa shape index (κ3) is 3.71. The summed E-state index contributed by atoms with van der Waals surface area (Å²) in [5.74, 6) is 1.37. The minimum atomic E-state index is -0.169. The fourth-order valence-electron chi connectivity index (χ4n) is 3.72. The predicted molar refractivity (Wildman–Crippen MR) is 104 cm³/mol. The van der Waals surface area contributed by atoms with Crippen LogP contribution in [0, 0.1) is 20.8 Å². The molecule has 0 saturated carbocycles. The molecular weight excluding hydrogens is 356 g/mol. The average molecular weight is 380 g/mol. The summed E-state index contributed by atoms with van der Waals surface area (Å²) in [6.07, 6.45) is 2.22. The van der Waals surface area contributed by atoms with Gasteiger partial charge in [-0.3, -0.25) is 9.69 Å². The van der Waals surface area contributed by atoms with Crippen LogP contribution in [0.2, 0.25) is 0 Å². The average Bonchev–Trinajstić information content (AvgIpc) is 3.39. The summed E-state index contributed by atoms with van der Waals surface area (Å²) in [4.78, 5) is 14.9. The van der Waals surface area contributed by atoms with E-state index in [4.69, 9.17) is 9.05 Å². The van der Waals surface area contributed by atoms with E-state index in [0.29, 0.717) is 22.7 Å². The third-order valence-corrected chi connectivity index (χ3v) is 5.21. The number of amides is 1. The molecule has 1 aliphatic heterocycles. The van der Waals surface area contributed by atoms with Crippen molar-refractivity contribution in [2.45, 2.75) is 46.2 Å². The van der Waals surface area contributed by atoms with Gasteiger partial charge in [-0.05, 0) is 57.9 Å². The zero-order valence-corrected chi connectivity index (χ0v) is 16.4. The summed E-state index contributed by atoms with van der Waals surface area (Å²) in [7, 11) is 0. The van der Waals surface area contributed by atoms with Gasteiger partial charge in [0.15, 0.2) is 11.5 Å². The molecule has 1 aliphatic rings. The summed E-state index contributed by atoms with van der Waals surface area (Å²) in [6, 6.07) is 10.0. The molecule has 1 N–H and O–H groups in total. The molecule has 2 aromatic heterocycles. The van der Waals surface area contributed by atoms with Gasteiger partial charge < -0.3 is 14.4 Å². The standard InChI is InChI=1S/C21H24N4O3/c1-13-11-19(28-23-13)18-5-4-10-25(18)12-16-6-8-17(9-7-16)21(26)22-20-14(2)24-27-15(20)3/h6-9,11,18H,4-5,10,12H2,1-3H3,(H,22,26)/t18-/m0/s1. The smallest absolute Gasteiger partial charge is 0.255 e. The number of nitrogens with one attached hydrogen (secondary N) is 1. The highest BCUT2D eigenvalue weighted by atomic mass is 16.5. The second kappa shape index (κ2) is 7.59. The van der Waals surface area contributed by atoms with Crippen molar-refractivity contribution in [3.8, 4) is 0 Å². The first kappa shape index (κ1) is 18.4. The van der Waals surface area contributed by atoms with Crippen LogP contribution in [-0.2, 0) is 6.54 Å². The summed E-state index contributed by atoms with van der Waals surface area (Å²) in [6.45, 7) is 7.37. The fraction of sp³-hybridized carbons (Fsp3) is 0.381. The van der Waals surface area contributed by atoms with Gasteiger partial charge in [-0.15, -0.1) is 0 Å². The van der Waals surface area contributed by atoms with Gasteiger partial charge in [0.25, 0.3) is 5.91 Å². The first-order valence-electron chi connectivity index (χ1n) is 9.51. The van der Waals surface area contributed by atoms with Gasteiger partial charge in [0.1, 0.15) is 11.4 Å². The van der Waals surface area contributed by atoms with E-state index in [0.717, 1.165) is 42.9 Å². The number of benzene rings is 1. The molecule has 0 spiro atoms. The number of aromatic nitrogens is 2. The molecule has 1 amide bonds. The number of carbonyl (C=O) groups excluding carboxylic acids is 1. The number of hydrogen-bond donors (Lipinski definition) is 1. The molecule has 3 aromatic rings. The van der Waals surface area contributed by atoms with Gasteiger partial charge in [-0.1, -0.05) is 22.4 Å². The van der Waals surface area contributed by atoms with Crippen molar-refractivity contribution in [3.63, 3.8) is 0 Å². The molecule has 7 nitrogen and oxygen atoms in total. The lowest BCUT2D eigenvalue weighted by Crippen LogP contribution is -2.22. The first-order valence-corrected chi connectivity index (χ1v) is 9.51. The maximum absolute atomic E-state index is 12.5. The highest BCUT2D eigenvalue weighted by Crippen LogP contribution is 2.33. The molecule has 146 valence electrons. The minimum absolute atomic E-state index is 0.169. The second-order valence-corrected chi connectivity index (χ2v) is 7.35. The maximum Gasteiger partial charge on any atom is 0.255 e. The van der Waals surface area contributed by atoms with Gasteiger partial charge in [0.05, 0.1) is 11.7 Å². The van der Waals surface area contributed by atoms with Crippen molar-refractivity contribution in [2.24, 2.45) is 0 Å². The van der Waals surface area contributed by atoms with Crippen LogP contribution in [0.15, 0.2) is 39.4 Å². The number of rotatable bonds is 5. The van der Waals surface area contributed by atoms with E-state index < -0.39 is 0 Å². The first-order chi connectivity index (χ1) is 13.5. The largest absolute Gasteiger partial charge is 0.359 e. The van der Waals surface area contributed by atoms with Crippen LogP contribution >= 0.6 is 0 Å². The Labute approximate surface area is 163 Å². The lowest BCUT2D eigenvalue weighted by molar-refractivity contribution is 0.102. The zero-order valence-electron chi connectivity index (χ0n) is 16.4. The molecule has 1 fully saturated rings. The Kier molecular flexibility index (Phi) is 5.00. The van der Waals surface area contributed by atoms with Crippen molar-refractivity contribution in [1.29, 1.82) is 0 Å². The lowest BCUT2D eigenvalue weighted by Gasteiger charge is -2.22. The summed E-state index contributed by atoms with van der Waals surface area (Å²) < 4.78 is 10.6. The SMILES string of the molecule is Cc1cc([C@@H]2CCCN2Cc2ccc(C(=O)Nc3c(C)noc3C)cc2)on1. The van der Waals surface area contributed by atoms with Crippen molar-refractivity contribution in [3.05, 3.63) is 64.4 Å². The van der Waals surface area contributed by atoms with Crippen molar-refractivity contribution < 1.29 is 13.8 Å². The molecule has 1 atom stereocenters. The zero-order chi connectivity index (χ0) is 19.7. The Balaban J connectivity index is 1.42. The molecule has 7 heteroatoms. The van der Waals surface area contributed by atoms with Gasteiger partial charge in [0.2, 0.25) is 0 Å². The quantitative estimate of drug-likeness (QED) is 0.715. The molecule has 4 rings (SSSR count). The number of nitrogens with zero attached hydrogens (tertiary/aromatic N) is 3. The van der Waals surface area contributed by atoms with E-state index in [1.54, 1.807) is 13.8 Å². The van der Waals surface area contributed by atoms with E-state index in [1.807, 2.05) is 37.3 Å². The molecule has 3 heterocycles. The van der Waals surface area contributed by atoms with Gasteiger partial charge in [0, 0.05) is 18.2 Å². The Morgan fingerprint density at radius 3 is 2.61 bits per heavy atom. The van der Waals surface area contributed by atoms with E-state index in [9.17, 15) is 4.79 Å². The van der Waals surface area contributed by atoms with Gasteiger partial charge in [-0.2, -0.15) is 0 Å². The monoisotopic (exact) mass is 380 g/mol. The van der Waals surface area contributed by atoms with Crippen LogP contribution < -0.4 is 5.32 Å². The Hall–Kier alpha value is -2.93. The summed E-state index contributed by atoms with van der Waals surface area (Å²) in [5.41, 5.74) is 3.99. The molecule has 0 unspecified atom stereocenters. The Morgan fingerprint density at radius 2 is 1.96 bits per heavy atom. The Morgan fingerprint density at radius 1 is 1.18 bits per heavy atom. The van der Waals surface area contributed by atoms with Crippen LogP contribution in [0.25, 0.3) is 0 Å². The van der Waals surface area contributed by atoms with Crippen LogP contribution in [0.1, 0.15) is 57.7 Å². The van der Waals surface area contributed by atoms with Crippen LogP contribution in [0.4, 0.5) is 5.69 Å². The minimum Gasteiger partial charge on any atom is -0.359 e. The molecule has 1 saturated heterocycles. The van der Waals surface area contributed by atoms with Crippen molar-refractivity contribution in [1.82, 2.24) is 15.2 Å². The molecule has 1 aromatic carbocycles. The van der Waals surface area contributed by atoms with E-state index in [1.165, 1.54) is 0 Å². The van der Waals surface area contributed by atoms with Crippen LogP contribution in [0.3, 0.4) is 0 Å². The summed E-state index contributed by atoms with van der Waals surface area (Å²) in [5, 5.41) is 10.8. The maximum atomic E-state index is 12.5. The van der Waals surface area contributed by atoms with Crippen molar-refractivity contribution in [2.75, 3.05) is 11.9 Å². The highest BCUT2D eigenvalue weighted by molar-refractivity contribution is 6.04. The molecule has 0 bridgehead atoms. The fourth-order valence-corrected chi connectivity index (χ4v) is 3.72. The lowest BCUT2D eigenvalue weighted by atomic mass is 10.1. The number of aryl methyl sites for hydroxylation is 3. The topological polar surface area (TPSA) is 84.4 Å². The van der Waals surface area contributed by atoms with Gasteiger partial charge in [-0.25, -0.2) is 0 Å². The number of hydrogen-bond acceptors (Lipinski definition) is 6. The van der Waals surface area contributed by atoms with E-state index >= 15 is 0 Å². The molecule has 28 heavy (non-hydrogen) atoms. The predicted octanol–water partition coefficient (Wildman–Crippen LogP) is 4.18. The van der Waals surface area contributed by atoms with Gasteiger partial charge >= 0.3 is 0 Å². The van der Waals surface area contributed by atoms with Crippen molar-refractivity contribution >= 4 is 11.6 Å². The molecule has 0 aliphatic carbocycles. The normalized spacial score (nSPS) is 17.2. The highest BCUT2D eigenvalue weighted by Gasteiger charge is 2.29. The number of likely N-dealkylation sites (tertiary alicyclic amines) is 1. The van der Waals surface area contributed by atoms with Crippen LogP contribution in [0.5, 0.6) is 0 Å². The number of anilines is 1. The molecular formula is C21H24N4O3. The molecule has 0 radical (unpaired) electrons. The number of carbonyl (C=O) groups is 1.